The summed E-state index contributed by atoms with van der Waals surface area (Å²) >= 11 is 0. The van der Waals surface area contributed by atoms with E-state index >= 15 is 0 Å². The zero-order valence-corrected chi connectivity index (χ0v) is 16.6. The Morgan fingerprint density at radius 3 is 2.38 bits per heavy atom. The quantitative estimate of drug-likeness (QED) is 0.651. The predicted molar refractivity (Wildman–Crippen MR) is 112 cm³/mol. The summed E-state index contributed by atoms with van der Waals surface area (Å²) in [7, 11) is 5.57. The number of carbonyl (C=O) groups excluding carboxylic acids is 2. The van der Waals surface area contributed by atoms with Crippen LogP contribution in [-0.2, 0) is 16.1 Å². The van der Waals surface area contributed by atoms with E-state index in [1.54, 1.807) is 37.4 Å². The Labute approximate surface area is 168 Å². The van der Waals surface area contributed by atoms with E-state index in [4.69, 9.17) is 4.74 Å². The van der Waals surface area contributed by atoms with Gasteiger partial charge in [-0.25, -0.2) is 4.79 Å². The monoisotopic (exact) mass is 393 g/mol. The van der Waals surface area contributed by atoms with Crippen LogP contribution in [0.2, 0.25) is 0 Å². The number of ether oxygens (including phenoxy) is 1. The van der Waals surface area contributed by atoms with E-state index in [9.17, 15) is 14.4 Å². The third kappa shape index (κ3) is 4.82. The van der Waals surface area contributed by atoms with Crippen LogP contribution in [0.15, 0.2) is 59.4 Å². The Balaban J connectivity index is 1.59. The highest BCUT2D eigenvalue weighted by Gasteiger charge is 2.15. The molecule has 1 amide bonds. The summed E-state index contributed by atoms with van der Waals surface area (Å²) in [6.07, 6.45) is 0. The summed E-state index contributed by atoms with van der Waals surface area (Å²) in [6.45, 7) is -0.00310. The Hall–Kier alpha value is -3.61. The smallest absolute Gasteiger partial charge is 0.355 e. The van der Waals surface area contributed by atoms with E-state index in [0.29, 0.717) is 17.3 Å². The van der Waals surface area contributed by atoms with E-state index in [-0.39, 0.29) is 17.2 Å². The lowest BCUT2D eigenvalue weighted by atomic mass is 10.1. The van der Waals surface area contributed by atoms with Gasteiger partial charge in [0.2, 0.25) is 0 Å². The van der Waals surface area contributed by atoms with Crippen LogP contribution in [0.25, 0.3) is 10.8 Å². The molecular formula is C22H23N3O4. The van der Waals surface area contributed by atoms with Gasteiger partial charge in [-0.15, -0.1) is 0 Å². The molecule has 3 aromatic rings. The third-order valence-electron chi connectivity index (χ3n) is 4.60. The van der Waals surface area contributed by atoms with Crippen molar-refractivity contribution in [1.82, 2.24) is 9.88 Å². The van der Waals surface area contributed by atoms with Crippen molar-refractivity contribution in [3.8, 4) is 0 Å². The van der Waals surface area contributed by atoms with Gasteiger partial charge in [-0.2, -0.15) is 0 Å². The molecule has 0 aliphatic carbocycles. The van der Waals surface area contributed by atoms with Crippen LogP contribution in [-0.4, -0.2) is 49.5 Å². The molecule has 0 radical (unpaired) electrons. The maximum atomic E-state index is 12.3. The van der Waals surface area contributed by atoms with Crippen molar-refractivity contribution in [2.24, 2.45) is 0 Å². The van der Waals surface area contributed by atoms with Crippen molar-refractivity contribution in [3.63, 3.8) is 0 Å². The van der Waals surface area contributed by atoms with Gasteiger partial charge < -0.3 is 19.5 Å². The second-order valence-corrected chi connectivity index (χ2v) is 6.99. The van der Waals surface area contributed by atoms with Crippen LogP contribution in [0.5, 0.6) is 0 Å². The zero-order valence-electron chi connectivity index (χ0n) is 16.6. The molecule has 0 bridgehead atoms. The van der Waals surface area contributed by atoms with Gasteiger partial charge in [0, 0.05) is 38.8 Å². The second-order valence-electron chi connectivity index (χ2n) is 6.99. The largest absolute Gasteiger partial charge is 0.451 e. The lowest BCUT2D eigenvalue weighted by Gasteiger charge is -2.18. The summed E-state index contributed by atoms with van der Waals surface area (Å²) in [5.41, 5.74) is 1.68. The number of fused-ring (bicyclic) bond motifs is 1. The molecule has 0 aliphatic heterocycles. The molecule has 7 heteroatoms. The zero-order chi connectivity index (χ0) is 21.0. The molecule has 1 N–H and O–H groups in total. The first-order valence-corrected chi connectivity index (χ1v) is 9.14. The molecule has 1 aromatic heterocycles. The number of hydrogen-bond acceptors (Lipinski definition) is 5. The fourth-order valence-corrected chi connectivity index (χ4v) is 2.90. The molecule has 0 unspecified atom stereocenters. The predicted octanol–water partition coefficient (Wildman–Crippen LogP) is 2.41. The lowest BCUT2D eigenvalue weighted by molar-refractivity contribution is -0.133. The number of carbonyl (C=O) groups is 2. The standard InChI is InChI=1S/C22H23N3O4/c1-24(2)17-10-8-15(9-11-17)13-25(3)20(26)14-29-22(28)19-12-16-6-4-5-7-18(16)21(27)23-19/h4-12H,13-14H2,1-3H3,(H,23,27). The van der Waals surface area contributed by atoms with Gasteiger partial charge in [0.05, 0.1) is 0 Å². The number of aromatic amines is 1. The summed E-state index contributed by atoms with van der Waals surface area (Å²) in [5, 5.41) is 1.12. The lowest BCUT2D eigenvalue weighted by Crippen LogP contribution is -2.31. The van der Waals surface area contributed by atoms with E-state index < -0.39 is 12.6 Å². The van der Waals surface area contributed by atoms with Crippen LogP contribution >= 0.6 is 0 Å². The molecule has 2 aromatic carbocycles. The number of pyridine rings is 1. The molecule has 0 fully saturated rings. The SMILES string of the molecule is CN(Cc1ccc(N(C)C)cc1)C(=O)COC(=O)c1cc2ccccc2c(=O)[nH]1. The number of H-pyrrole nitrogens is 1. The number of nitrogens with one attached hydrogen (secondary N) is 1. The van der Waals surface area contributed by atoms with Crippen molar-refractivity contribution < 1.29 is 14.3 Å². The first-order chi connectivity index (χ1) is 13.8. The molecule has 0 atom stereocenters. The number of hydrogen-bond donors (Lipinski definition) is 1. The number of nitrogens with zero attached hydrogens (tertiary/aromatic N) is 2. The highest BCUT2D eigenvalue weighted by molar-refractivity contribution is 5.94. The van der Waals surface area contributed by atoms with Crippen molar-refractivity contribution in [2.75, 3.05) is 32.6 Å². The van der Waals surface area contributed by atoms with Gasteiger partial charge in [0.25, 0.3) is 11.5 Å². The van der Waals surface area contributed by atoms with Crippen molar-refractivity contribution in [3.05, 3.63) is 76.2 Å². The highest BCUT2D eigenvalue weighted by atomic mass is 16.5. The number of amides is 1. The normalized spacial score (nSPS) is 10.6. The number of likely N-dealkylation sites (N-methyl/N-ethyl adjacent to an activating group) is 1. The number of anilines is 1. The first-order valence-electron chi connectivity index (χ1n) is 9.14. The molecular weight excluding hydrogens is 370 g/mol. The molecule has 0 spiro atoms. The summed E-state index contributed by atoms with van der Waals surface area (Å²) < 4.78 is 5.10. The maximum absolute atomic E-state index is 12.3. The minimum absolute atomic E-state index is 0.0171. The van der Waals surface area contributed by atoms with Crippen molar-refractivity contribution in [2.45, 2.75) is 6.54 Å². The Bertz CT molecular complexity index is 1090. The number of rotatable bonds is 6. The number of aromatic nitrogens is 1. The average Bonchev–Trinajstić information content (AvgIpc) is 2.72. The van der Waals surface area contributed by atoms with Gasteiger partial charge in [0.1, 0.15) is 5.69 Å². The molecule has 29 heavy (non-hydrogen) atoms. The molecule has 0 saturated heterocycles. The van der Waals surface area contributed by atoms with E-state index in [1.165, 1.54) is 4.90 Å². The van der Waals surface area contributed by atoms with Crippen LogP contribution < -0.4 is 10.5 Å². The molecule has 3 rings (SSSR count). The molecule has 0 aliphatic rings. The summed E-state index contributed by atoms with van der Waals surface area (Å²) in [4.78, 5) is 42.6. The van der Waals surface area contributed by atoms with Gasteiger partial charge in [-0.3, -0.25) is 9.59 Å². The average molecular weight is 393 g/mol. The Kier molecular flexibility index (Phi) is 5.97. The minimum Gasteiger partial charge on any atom is -0.451 e. The summed E-state index contributed by atoms with van der Waals surface area (Å²) in [5.74, 6) is -1.08. The van der Waals surface area contributed by atoms with Crippen LogP contribution in [0, 0.1) is 0 Å². The fraction of sp³-hybridized carbons (Fsp3) is 0.227. The van der Waals surface area contributed by atoms with Gasteiger partial charge in [-0.05, 0) is 35.2 Å². The maximum Gasteiger partial charge on any atom is 0.355 e. The van der Waals surface area contributed by atoms with Crippen LogP contribution in [0.3, 0.4) is 0 Å². The number of esters is 1. The Morgan fingerprint density at radius 1 is 1.00 bits per heavy atom. The van der Waals surface area contributed by atoms with Crippen molar-refractivity contribution in [1.29, 1.82) is 0 Å². The van der Waals surface area contributed by atoms with E-state index in [0.717, 1.165) is 11.3 Å². The molecule has 0 saturated carbocycles. The molecule has 150 valence electrons. The topological polar surface area (TPSA) is 82.7 Å². The van der Waals surface area contributed by atoms with E-state index in [1.807, 2.05) is 43.3 Å². The highest BCUT2D eigenvalue weighted by Crippen LogP contribution is 2.14. The minimum atomic E-state index is -0.745. The van der Waals surface area contributed by atoms with Crippen LogP contribution in [0.4, 0.5) is 5.69 Å². The van der Waals surface area contributed by atoms with Crippen molar-refractivity contribution >= 4 is 28.3 Å². The third-order valence-corrected chi connectivity index (χ3v) is 4.60. The van der Waals surface area contributed by atoms with Crippen LogP contribution in [0.1, 0.15) is 16.1 Å². The van der Waals surface area contributed by atoms with Gasteiger partial charge >= 0.3 is 5.97 Å². The van der Waals surface area contributed by atoms with Gasteiger partial charge in [0.15, 0.2) is 6.61 Å². The second kappa shape index (κ2) is 8.60. The molecule has 1 heterocycles. The fourth-order valence-electron chi connectivity index (χ4n) is 2.90. The first kappa shape index (κ1) is 20.1. The summed E-state index contributed by atoms with van der Waals surface area (Å²) in [6, 6.07) is 16.3. The Morgan fingerprint density at radius 2 is 1.69 bits per heavy atom. The van der Waals surface area contributed by atoms with E-state index in [2.05, 4.69) is 4.98 Å². The molecule has 7 nitrogen and oxygen atoms in total. The van der Waals surface area contributed by atoms with Gasteiger partial charge in [-0.1, -0.05) is 30.3 Å². The number of benzene rings is 2.